The van der Waals surface area contributed by atoms with Gasteiger partial charge in [0.05, 0.1) is 0 Å². The van der Waals surface area contributed by atoms with E-state index in [2.05, 4.69) is 4.98 Å². The van der Waals surface area contributed by atoms with Crippen molar-refractivity contribution in [1.82, 2.24) is 9.55 Å². The SMILES string of the molecule is Cc1ccccc1-c1nc(C=O)c(O)n1C. The molecule has 0 amide bonds. The first kappa shape index (κ1) is 10.4. The Balaban J connectivity index is 2.66. The standard InChI is InChI=1S/C12H12N2O2/c1-8-5-3-4-6-9(8)11-13-10(7-15)12(16)14(11)2/h3-7,16H,1-2H3. The van der Waals surface area contributed by atoms with Gasteiger partial charge in [-0.05, 0) is 12.5 Å². The van der Waals surface area contributed by atoms with E-state index in [1.807, 2.05) is 31.2 Å². The molecule has 0 radical (unpaired) electrons. The Kier molecular flexibility index (Phi) is 2.48. The molecule has 0 unspecified atom stereocenters. The summed E-state index contributed by atoms with van der Waals surface area (Å²) in [6, 6.07) is 7.70. The first-order valence-electron chi connectivity index (χ1n) is 4.92. The first-order valence-corrected chi connectivity index (χ1v) is 4.92. The molecular formula is C12H12N2O2. The molecule has 4 nitrogen and oxygen atoms in total. The second-order valence-corrected chi connectivity index (χ2v) is 3.64. The monoisotopic (exact) mass is 216 g/mol. The van der Waals surface area contributed by atoms with Gasteiger partial charge in [-0.15, -0.1) is 0 Å². The number of carbonyl (C=O) groups is 1. The van der Waals surface area contributed by atoms with E-state index in [0.29, 0.717) is 12.1 Å². The van der Waals surface area contributed by atoms with E-state index in [1.165, 1.54) is 4.57 Å². The molecular weight excluding hydrogens is 204 g/mol. The molecule has 0 fully saturated rings. The summed E-state index contributed by atoms with van der Waals surface area (Å²) in [5.41, 5.74) is 2.03. The summed E-state index contributed by atoms with van der Waals surface area (Å²) in [5, 5.41) is 9.64. The lowest BCUT2D eigenvalue weighted by Gasteiger charge is -2.05. The van der Waals surface area contributed by atoms with Gasteiger partial charge in [-0.3, -0.25) is 9.36 Å². The van der Waals surface area contributed by atoms with Crippen LogP contribution >= 0.6 is 0 Å². The Labute approximate surface area is 93.2 Å². The van der Waals surface area contributed by atoms with Gasteiger partial charge in [0, 0.05) is 12.6 Å². The number of aldehydes is 1. The van der Waals surface area contributed by atoms with E-state index in [4.69, 9.17) is 0 Å². The van der Waals surface area contributed by atoms with Gasteiger partial charge in [-0.1, -0.05) is 24.3 Å². The maximum absolute atomic E-state index is 10.7. The molecule has 0 atom stereocenters. The summed E-state index contributed by atoms with van der Waals surface area (Å²) < 4.78 is 1.51. The lowest BCUT2D eigenvalue weighted by Crippen LogP contribution is -1.93. The van der Waals surface area contributed by atoms with Crippen LogP contribution in [-0.4, -0.2) is 20.9 Å². The average Bonchev–Trinajstić information content (AvgIpc) is 2.57. The summed E-state index contributed by atoms with van der Waals surface area (Å²) in [6.45, 7) is 1.96. The second-order valence-electron chi connectivity index (χ2n) is 3.64. The van der Waals surface area contributed by atoms with Gasteiger partial charge in [0.1, 0.15) is 5.82 Å². The number of hydrogen-bond donors (Lipinski definition) is 1. The molecule has 2 aromatic rings. The van der Waals surface area contributed by atoms with E-state index in [0.717, 1.165) is 11.1 Å². The average molecular weight is 216 g/mol. The molecule has 1 aromatic carbocycles. The highest BCUT2D eigenvalue weighted by Gasteiger charge is 2.15. The van der Waals surface area contributed by atoms with Crippen molar-refractivity contribution in [2.75, 3.05) is 0 Å². The minimum Gasteiger partial charge on any atom is -0.493 e. The van der Waals surface area contributed by atoms with Crippen LogP contribution in [0.25, 0.3) is 11.4 Å². The zero-order valence-electron chi connectivity index (χ0n) is 9.14. The number of imidazole rings is 1. The number of hydrogen-bond acceptors (Lipinski definition) is 3. The van der Waals surface area contributed by atoms with E-state index >= 15 is 0 Å². The topological polar surface area (TPSA) is 55.1 Å². The molecule has 0 aliphatic rings. The van der Waals surface area contributed by atoms with Crippen LogP contribution in [0.5, 0.6) is 5.88 Å². The number of nitrogens with zero attached hydrogens (tertiary/aromatic N) is 2. The van der Waals surface area contributed by atoms with Crippen LogP contribution in [0.1, 0.15) is 16.1 Å². The van der Waals surface area contributed by atoms with Gasteiger partial charge in [0.15, 0.2) is 12.0 Å². The highest BCUT2D eigenvalue weighted by atomic mass is 16.3. The number of aromatic hydroxyl groups is 1. The van der Waals surface area contributed by atoms with E-state index < -0.39 is 0 Å². The quantitative estimate of drug-likeness (QED) is 0.780. The summed E-state index contributed by atoms with van der Waals surface area (Å²) in [6.07, 6.45) is 0.553. The fourth-order valence-corrected chi connectivity index (χ4v) is 1.65. The Bertz CT molecular complexity index is 544. The molecule has 2 rings (SSSR count). The number of rotatable bonds is 2. The molecule has 0 saturated heterocycles. The third-order valence-corrected chi connectivity index (χ3v) is 2.59. The predicted octanol–water partition coefficient (Wildman–Crippen LogP) is 1.91. The predicted molar refractivity (Wildman–Crippen MR) is 60.4 cm³/mol. The van der Waals surface area contributed by atoms with Gasteiger partial charge < -0.3 is 5.11 Å². The Morgan fingerprint density at radius 1 is 1.38 bits per heavy atom. The van der Waals surface area contributed by atoms with Crippen molar-refractivity contribution >= 4 is 6.29 Å². The third kappa shape index (κ3) is 1.48. The molecule has 1 heterocycles. The fourth-order valence-electron chi connectivity index (χ4n) is 1.65. The summed E-state index contributed by atoms with van der Waals surface area (Å²) in [4.78, 5) is 14.8. The molecule has 16 heavy (non-hydrogen) atoms. The van der Waals surface area contributed by atoms with Gasteiger partial charge in [-0.25, -0.2) is 4.98 Å². The van der Waals surface area contributed by atoms with Crippen LogP contribution in [0, 0.1) is 6.92 Å². The maximum atomic E-state index is 10.7. The number of aromatic nitrogens is 2. The number of benzene rings is 1. The fraction of sp³-hybridized carbons (Fsp3) is 0.167. The molecule has 0 spiro atoms. The second kappa shape index (κ2) is 3.81. The van der Waals surface area contributed by atoms with E-state index in [-0.39, 0.29) is 11.6 Å². The van der Waals surface area contributed by atoms with Crippen molar-refractivity contribution < 1.29 is 9.90 Å². The highest BCUT2D eigenvalue weighted by Crippen LogP contribution is 2.26. The largest absolute Gasteiger partial charge is 0.493 e. The molecule has 0 aliphatic carbocycles. The van der Waals surface area contributed by atoms with Crippen LogP contribution in [0.4, 0.5) is 0 Å². The number of carbonyl (C=O) groups excluding carboxylic acids is 1. The minimum atomic E-state index is -0.103. The van der Waals surface area contributed by atoms with Gasteiger partial charge in [0.25, 0.3) is 0 Å². The summed E-state index contributed by atoms with van der Waals surface area (Å²) in [5.74, 6) is 0.492. The van der Waals surface area contributed by atoms with Gasteiger partial charge >= 0.3 is 0 Å². The summed E-state index contributed by atoms with van der Waals surface area (Å²) >= 11 is 0. The van der Waals surface area contributed by atoms with Crippen molar-refractivity contribution in [3.63, 3.8) is 0 Å². The molecule has 1 aromatic heterocycles. The van der Waals surface area contributed by atoms with Gasteiger partial charge in [0.2, 0.25) is 5.88 Å². The Morgan fingerprint density at radius 2 is 2.06 bits per heavy atom. The molecule has 0 saturated carbocycles. The van der Waals surface area contributed by atoms with Crippen LogP contribution in [-0.2, 0) is 7.05 Å². The Hall–Kier alpha value is -2.10. The first-order chi connectivity index (χ1) is 7.65. The van der Waals surface area contributed by atoms with Crippen molar-refractivity contribution in [3.05, 3.63) is 35.5 Å². The molecule has 82 valence electrons. The minimum absolute atomic E-state index is 0.0701. The van der Waals surface area contributed by atoms with Crippen molar-refractivity contribution in [1.29, 1.82) is 0 Å². The zero-order chi connectivity index (χ0) is 11.7. The zero-order valence-corrected chi connectivity index (χ0v) is 9.14. The van der Waals surface area contributed by atoms with E-state index in [1.54, 1.807) is 7.05 Å². The lowest BCUT2D eigenvalue weighted by molar-refractivity contribution is 0.111. The molecule has 0 bridgehead atoms. The van der Waals surface area contributed by atoms with E-state index in [9.17, 15) is 9.90 Å². The van der Waals surface area contributed by atoms with Crippen LogP contribution in [0.3, 0.4) is 0 Å². The van der Waals surface area contributed by atoms with Crippen LogP contribution in [0.2, 0.25) is 0 Å². The Morgan fingerprint density at radius 3 is 2.62 bits per heavy atom. The van der Waals surface area contributed by atoms with Crippen LogP contribution in [0.15, 0.2) is 24.3 Å². The van der Waals surface area contributed by atoms with Crippen molar-refractivity contribution in [3.8, 4) is 17.3 Å². The van der Waals surface area contributed by atoms with Crippen molar-refractivity contribution in [2.45, 2.75) is 6.92 Å². The smallest absolute Gasteiger partial charge is 0.222 e. The lowest BCUT2D eigenvalue weighted by atomic mass is 10.1. The van der Waals surface area contributed by atoms with Gasteiger partial charge in [-0.2, -0.15) is 0 Å². The highest BCUT2D eigenvalue weighted by molar-refractivity contribution is 5.78. The third-order valence-electron chi connectivity index (χ3n) is 2.59. The summed E-state index contributed by atoms with van der Waals surface area (Å²) in [7, 11) is 1.68. The molecule has 1 N–H and O–H groups in total. The normalized spacial score (nSPS) is 10.4. The molecule has 4 heteroatoms. The number of aryl methyl sites for hydroxylation is 1. The maximum Gasteiger partial charge on any atom is 0.222 e. The van der Waals surface area contributed by atoms with Crippen LogP contribution < -0.4 is 0 Å². The van der Waals surface area contributed by atoms with Crippen molar-refractivity contribution in [2.24, 2.45) is 7.05 Å². The molecule has 0 aliphatic heterocycles.